The molecule has 0 atom stereocenters. The van der Waals surface area contributed by atoms with Gasteiger partial charge in [-0.3, -0.25) is 0 Å². The molecule has 1 N–H and O–H groups in total. The van der Waals surface area contributed by atoms with Crippen molar-refractivity contribution in [3.63, 3.8) is 0 Å². The maximum atomic E-state index is 5.99. The summed E-state index contributed by atoms with van der Waals surface area (Å²) in [5.41, 5.74) is 0. The lowest BCUT2D eigenvalue weighted by Gasteiger charge is -2.22. The summed E-state index contributed by atoms with van der Waals surface area (Å²) in [5, 5.41) is 3.65. The van der Waals surface area contributed by atoms with Crippen LogP contribution in [-0.4, -0.2) is 35.8 Å². The van der Waals surface area contributed by atoms with Gasteiger partial charge in [0, 0.05) is 19.2 Å². The molecular weight excluding hydrogens is 290 g/mol. The molecule has 0 saturated heterocycles. The van der Waals surface area contributed by atoms with E-state index >= 15 is 0 Å². The summed E-state index contributed by atoms with van der Waals surface area (Å²) in [7, 11) is 0. The predicted octanol–water partition coefficient (Wildman–Crippen LogP) is 3.43. The Morgan fingerprint density at radius 3 is 2.86 bits per heavy atom. The van der Waals surface area contributed by atoms with Gasteiger partial charge < -0.3 is 14.8 Å². The number of nitrogens with one attached hydrogen (secondary N) is 1. The van der Waals surface area contributed by atoms with Gasteiger partial charge in [0.1, 0.15) is 17.6 Å². The number of hydrogen-bond acceptors (Lipinski definition) is 5. The van der Waals surface area contributed by atoms with E-state index in [4.69, 9.17) is 21.1 Å². The summed E-state index contributed by atoms with van der Waals surface area (Å²) >= 11 is 5.99. The lowest BCUT2D eigenvalue weighted by molar-refractivity contribution is 0.0347. The van der Waals surface area contributed by atoms with E-state index in [-0.39, 0.29) is 0 Å². The molecule has 1 aromatic rings. The Labute approximate surface area is 131 Å². The summed E-state index contributed by atoms with van der Waals surface area (Å²) in [5.74, 6) is 1.32. The highest BCUT2D eigenvalue weighted by Crippen LogP contribution is 2.20. The molecule has 0 amide bonds. The summed E-state index contributed by atoms with van der Waals surface area (Å²) < 4.78 is 11.2. The zero-order chi connectivity index (χ0) is 14.9. The van der Waals surface area contributed by atoms with Crippen molar-refractivity contribution in [2.24, 2.45) is 0 Å². The monoisotopic (exact) mass is 313 g/mol. The third kappa shape index (κ3) is 6.16. The minimum Gasteiger partial charge on any atom is -0.376 e. The predicted molar refractivity (Wildman–Crippen MR) is 83.7 cm³/mol. The molecule has 0 bridgehead atoms. The van der Waals surface area contributed by atoms with Gasteiger partial charge in [-0.05, 0) is 19.8 Å². The molecule has 6 heteroatoms. The zero-order valence-electron chi connectivity index (χ0n) is 12.6. The first-order chi connectivity index (χ1) is 10.3. The highest BCUT2D eigenvalue weighted by atomic mass is 35.5. The van der Waals surface area contributed by atoms with E-state index < -0.39 is 0 Å². The van der Waals surface area contributed by atoms with Gasteiger partial charge in [0.15, 0.2) is 5.82 Å². The molecule has 21 heavy (non-hydrogen) atoms. The Hall–Kier alpha value is -0.910. The normalized spacial score (nSPS) is 16.1. The van der Waals surface area contributed by atoms with Gasteiger partial charge in [0.05, 0.1) is 12.7 Å². The highest BCUT2D eigenvalue weighted by Gasteiger charge is 2.13. The van der Waals surface area contributed by atoms with Gasteiger partial charge in [0.2, 0.25) is 0 Å². The van der Waals surface area contributed by atoms with Crippen LogP contribution in [0.2, 0.25) is 5.15 Å². The van der Waals surface area contributed by atoms with E-state index in [1.807, 2.05) is 6.92 Å². The van der Waals surface area contributed by atoms with Gasteiger partial charge in [-0.1, -0.05) is 30.9 Å². The SMILES string of the molecule is CCOCc1nc(Cl)cc(NCCOC2CCCCC2)n1. The summed E-state index contributed by atoms with van der Waals surface area (Å²) in [6.45, 7) is 4.36. The van der Waals surface area contributed by atoms with E-state index in [1.54, 1.807) is 6.07 Å². The second-order valence-electron chi connectivity index (χ2n) is 5.19. The molecule has 5 nitrogen and oxygen atoms in total. The first-order valence-electron chi connectivity index (χ1n) is 7.74. The van der Waals surface area contributed by atoms with Crippen molar-refractivity contribution in [2.75, 3.05) is 25.1 Å². The van der Waals surface area contributed by atoms with Gasteiger partial charge in [-0.2, -0.15) is 0 Å². The van der Waals surface area contributed by atoms with Crippen molar-refractivity contribution in [2.45, 2.75) is 51.7 Å². The van der Waals surface area contributed by atoms with Crippen LogP contribution in [0.4, 0.5) is 5.82 Å². The number of hydrogen-bond donors (Lipinski definition) is 1. The molecule has 1 saturated carbocycles. The van der Waals surface area contributed by atoms with Gasteiger partial charge in [-0.25, -0.2) is 9.97 Å². The molecule has 0 unspecified atom stereocenters. The minimum atomic E-state index is 0.379. The van der Waals surface area contributed by atoms with Gasteiger partial charge in [-0.15, -0.1) is 0 Å². The molecule has 0 aromatic carbocycles. The average molecular weight is 314 g/mol. The number of aromatic nitrogens is 2. The number of rotatable bonds is 8. The minimum absolute atomic E-state index is 0.379. The third-order valence-corrected chi connectivity index (χ3v) is 3.68. The summed E-state index contributed by atoms with van der Waals surface area (Å²) in [4.78, 5) is 8.50. The average Bonchev–Trinajstić information content (AvgIpc) is 2.50. The third-order valence-electron chi connectivity index (χ3n) is 3.49. The van der Waals surface area contributed by atoms with E-state index in [0.29, 0.717) is 36.9 Å². The van der Waals surface area contributed by atoms with E-state index in [1.165, 1.54) is 32.1 Å². The van der Waals surface area contributed by atoms with Crippen LogP contribution in [0, 0.1) is 0 Å². The lowest BCUT2D eigenvalue weighted by atomic mass is 9.98. The van der Waals surface area contributed by atoms with Crippen molar-refractivity contribution in [1.82, 2.24) is 9.97 Å². The van der Waals surface area contributed by atoms with Crippen LogP contribution in [0.15, 0.2) is 6.07 Å². The first kappa shape index (κ1) is 16.5. The molecule has 1 aromatic heterocycles. The highest BCUT2D eigenvalue weighted by molar-refractivity contribution is 6.29. The Balaban J connectivity index is 1.72. The Morgan fingerprint density at radius 2 is 2.10 bits per heavy atom. The fourth-order valence-electron chi connectivity index (χ4n) is 2.45. The maximum absolute atomic E-state index is 5.99. The van der Waals surface area contributed by atoms with E-state index in [0.717, 1.165) is 12.4 Å². The van der Waals surface area contributed by atoms with Crippen LogP contribution in [-0.2, 0) is 16.1 Å². The van der Waals surface area contributed by atoms with Gasteiger partial charge >= 0.3 is 0 Å². The van der Waals surface area contributed by atoms with Crippen molar-refractivity contribution in [1.29, 1.82) is 0 Å². The molecule has 1 aliphatic rings. The number of nitrogens with zero attached hydrogens (tertiary/aromatic N) is 2. The topological polar surface area (TPSA) is 56.3 Å². The fraction of sp³-hybridized carbons (Fsp3) is 0.733. The number of ether oxygens (including phenoxy) is 2. The van der Waals surface area contributed by atoms with Crippen LogP contribution in [0.3, 0.4) is 0 Å². The Morgan fingerprint density at radius 1 is 1.29 bits per heavy atom. The molecule has 118 valence electrons. The number of anilines is 1. The standard InChI is InChI=1S/C15H24ClN3O2/c1-2-20-11-15-18-13(16)10-14(19-15)17-8-9-21-12-6-4-3-5-7-12/h10,12H,2-9,11H2,1H3,(H,17,18,19). The van der Waals surface area contributed by atoms with E-state index in [2.05, 4.69) is 15.3 Å². The van der Waals surface area contributed by atoms with Gasteiger partial charge in [0.25, 0.3) is 0 Å². The summed E-state index contributed by atoms with van der Waals surface area (Å²) in [6.07, 6.45) is 6.75. The number of halogens is 1. The second-order valence-corrected chi connectivity index (χ2v) is 5.57. The van der Waals surface area contributed by atoms with Crippen LogP contribution >= 0.6 is 11.6 Å². The molecule has 1 heterocycles. The molecule has 0 radical (unpaired) electrons. The molecule has 2 rings (SSSR count). The second kappa shape index (κ2) is 9.18. The van der Waals surface area contributed by atoms with Crippen molar-refractivity contribution < 1.29 is 9.47 Å². The molecule has 0 spiro atoms. The van der Waals surface area contributed by atoms with E-state index in [9.17, 15) is 0 Å². The lowest BCUT2D eigenvalue weighted by Crippen LogP contribution is -2.20. The van der Waals surface area contributed by atoms with Crippen molar-refractivity contribution in [3.8, 4) is 0 Å². The van der Waals surface area contributed by atoms with Crippen molar-refractivity contribution >= 4 is 17.4 Å². The molecule has 1 aliphatic carbocycles. The zero-order valence-corrected chi connectivity index (χ0v) is 13.4. The van der Waals surface area contributed by atoms with Crippen LogP contribution in [0.1, 0.15) is 44.9 Å². The molecular formula is C15H24ClN3O2. The molecule has 0 aliphatic heterocycles. The smallest absolute Gasteiger partial charge is 0.158 e. The molecule has 1 fully saturated rings. The quantitative estimate of drug-likeness (QED) is 0.588. The summed E-state index contributed by atoms with van der Waals surface area (Å²) in [6, 6.07) is 1.72. The first-order valence-corrected chi connectivity index (χ1v) is 8.12. The van der Waals surface area contributed by atoms with Crippen LogP contribution in [0.25, 0.3) is 0 Å². The fourth-order valence-corrected chi connectivity index (χ4v) is 2.65. The van der Waals surface area contributed by atoms with Crippen molar-refractivity contribution in [3.05, 3.63) is 17.0 Å². The Kier molecular flexibility index (Phi) is 7.19. The van der Waals surface area contributed by atoms with Crippen LogP contribution < -0.4 is 5.32 Å². The van der Waals surface area contributed by atoms with Crippen LogP contribution in [0.5, 0.6) is 0 Å². The largest absolute Gasteiger partial charge is 0.376 e. The Bertz CT molecular complexity index is 425. The maximum Gasteiger partial charge on any atom is 0.158 e.